The lowest BCUT2D eigenvalue weighted by atomic mass is 10.2. The van der Waals surface area contributed by atoms with E-state index >= 15 is 0 Å². The summed E-state index contributed by atoms with van der Waals surface area (Å²) < 4.78 is 0. The highest BCUT2D eigenvalue weighted by molar-refractivity contribution is 7.10. The van der Waals surface area contributed by atoms with Crippen molar-refractivity contribution in [1.82, 2.24) is 9.97 Å². The molecule has 0 radical (unpaired) electrons. The second-order valence-corrected chi connectivity index (χ2v) is 5.33. The lowest BCUT2D eigenvalue weighted by molar-refractivity contribution is 0.0988. The summed E-state index contributed by atoms with van der Waals surface area (Å²) in [6, 6.07) is 0. The van der Waals surface area contributed by atoms with E-state index in [4.69, 9.17) is 0 Å². The minimum atomic E-state index is 0.0460. The van der Waals surface area contributed by atoms with Gasteiger partial charge >= 0.3 is 0 Å². The van der Waals surface area contributed by atoms with Crippen molar-refractivity contribution in [3.8, 4) is 0 Å². The van der Waals surface area contributed by atoms with Crippen molar-refractivity contribution in [3.63, 3.8) is 0 Å². The summed E-state index contributed by atoms with van der Waals surface area (Å²) in [7, 11) is 0. The molecule has 2 rings (SSSR count). The number of hydrogen-bond donors (Lipinski definition) is 0. The summed E-state index contributed by atoms with van der Waals surface area (Å²) in [5, 5.41) is 5.64. The van der Waals surface area contributed by atoms with E-state index in [0.29, 0.717) is 12.1 Å². The summed E-state index contributed by atoms with van der Waals surface area (Å²) in [5.41, 5.74) is 1.40. The number of nitrogens with zero attached hydrogens (tertiary/aromatic N) is 2. The average Bonchev–Trinajstić information content (AvgIpc) is 2.75. The Morgan fingerprint density at radius 2 is 1.87 bits per heavy atom. The van der Waals surface area contributed by atoms with E-state index in [-0.39, 0.29) is 5.78 Å². The van der Waals surface area contributed by atoms with Crippen molar-refractivity contribution in [1.29, 1.82) is 0 Å². The molecule has 0 aliphatic rings. The summed E-state index contributed by atoms with van der Waals surface area (Å²) in [6.07, 6.45) is 0.355. The number of hydrogen-bond acceptors (Lipinski definition) is 5. The van der Waals surface area contributed by atoms with Crippen LogP contribution in [-0.4, -0.2) is 15.8 Å². The van der Waals surface area contributed by atoms with Crippen LogP contribution in [0.25, 0.3) is 0 Å². The van der Waals surface area contributed by atoms with Crippen LogP contribution in [-0.2, 0) is 6.42 Å². The number of thiazole rings is 2. The van der Waals surface area contributed by atoms with E-state index in [9.17, 15) is 4.79 Å². The summed E-state index contributed by atoms with van der Waals surface area (Å²) in [4.78, 5) is 20.2. The van der Waals surface area contributed by atoms with Crippen LogP contribution in [0, 0.1) is 13.8 Å². The second kappa shape index (κ2) is 4.20. The molecule has 0 atom stereocenters. The van der Waals surface area contributed by atoms with Crippen molar-refractivity contribution in [3.05, 3.63) is 32.2 Å². The smallest absolute Gasteiger partial charge is 0.188 e. The Hall–Kier alpha value is -1.07. The van der Waals surface area contributed by atoms with E-state index < -0.39 is 0 Å². The van der Waals surface area contributed by atoms with Crippen LogP contribution in [0.15, 0.2) is 10.8 Å². The first-order valence-electron chi connectivity index (χ1n) is 4.51. The first kappa shape index (κ1) is 10.4. The molecule has 78 valence electrons. The maximum atomic E-state index is 11.7. The topological polar surface area (TPSA) is 42.9 Å². The van der Waals surface area contributed by atoms with Gasteiger partial charge in [-0.05, 0) is 13.8 Å². The van der Waals surface area contributed by atoms with Crippen LogP contribution < -0.4 is 0 Å². The van der Waals surface area contributed by atoms with Gasteiger partial charge in [0.25, 0.3) is 0 Å². The van der Waals surface area contributed by atoms with Crippen LogP contribution >= 0.6 is 22.7 Å². The fourth-order valence-corrected chi connectivity index (χ4v) is 2.47. The van der Waals surface area contributed by atoms with Crippen molar-refractivity contribution >= 4 is 28.5 Å². The number of ketones is 1. The molecule has 0 aromatic carbocycles. The highest BCUT2D eigenvalue weighted by Crippen LogP contribution is 2.13. The van der Waals surface area contributed by atoms with Crippen molar-refractivity contribution in [2.45, 2.75) is 20.3 Å². The van der Waals surface area contributed by atoms with Crippen LogP contribution in [0.5, 0.6) is 0 Å². The lowest BCUT2D eigenvalue weighted by Gasteiger charge is -1.92. The molecule has 0 aliphatic heterocycles. The van der Waals surface area contributed by atoms with Crippen LogP contribution in [0.2, 0.25) is 0 Å². The zero-order valence-corrected chi connectivity index (χ0v) is 10.1. The molecule has 0 spiro atoms. The number of carbonyl (C=O) groups is 1. The maximum absolute atomic E-state index is 11.7. The van der Waals surface area contributed by atoms with Gasteiger partial charge in [-0.2, -0.15) is 0 Å². The van der Waals surface area contributed by atoms with Gasteiger partial charge in [0, 0.05) is 10.8 Å². The third-order valence-electron chi connectivity index (χ3n) is 1.91. The zero-order valence-electron chi connectivity index (χ0n) is 8.48. The molecule has 0 saturated carbocycles. The molecule has 3 nitrogen and oxygen atoms in total. The Morgan fingerprint density at radius 1 is 1.20 bits per heavy atom. The maximum Gasteiger partial charge on any atom is 0.188 e. The molecule has 0 aliphatic carbocycles. The Bertz CT molecular complexity index is 487. The molecular formula is C10H10N2OS2. The average molecular weight is 238 g/mol. The Morgan fingerprint density at radius 3 is 2.40 bits per heavy atom. The number of aryl methyl sites for hydroxylation is 2. The molecule has 0 unspecified atom stereocenters. The van der Waals surface area contributed by atoms with Gasteiger partial charge < -0.3 is 0 Å². The minimum Gasteiger partial charge on any atom is -0.292 e. The Labute approximate surface area is 95.8 Å². The molecule has 2 aromatic heterocycles. The third-order valence-corrected chi connectivity index (χ3v) is 3.51. The molecule has 5 heteroatoms. The first-order valence-corrected chi connectivity index (χ1v) is 6.27. The summed E-state index contributed by atoms with van der Waals surface area (Å²) in [6.45, 7) is 3.83. The van der Waals surface area contributed by atoms with Gasteiger partial charge in [-0.15, -0.1) is 22.7 Å². The number of carbonyl (C=O) groups excluding carboxylic acids is 1. The Kier molecular flexibility index (Phi) is 2.93. The van der Waals surface area contributed by atoms with E-state index in [1.165, 1.54) is 11.3 Å². The van der Waals surface area contributed by atoms with Crippen LogP contribution in [0.4, 0.5) is 0 Å². The van der Waals surface area contributed by atoms with Crippen LogP contribution in [0.1, 0.15) is 26.2 Å². The van der Waals surface area contributed by atoms with E-state index in [1.54, 1.807) is 16.7 Å². The summed E-state index contributed by atoms with van der Waals surface area (Å²) in [5.74, 6) is 0.0460. The fraction of sp³-hybridized carbons (Fsp3) is 0.300. The van der Waals surface area contributed by atoms with Crippen molar-refractivity contribution in [2.75, 3.05) is 0 Å². The fourth-order valence-electron chi connectivity index (χ4n) is 1.24. The van der Waals surface area contributed by atoms with E-state index in [0.717, 1.165) is 15.7 Å². The predicted molar refractivity (Wildman–Crippen MR) is 61.7 cm³/mol. The largest absolute Gasteiger partial charge is 0.292 e. The van der Waals surface area contributed by atoms with Crippen molar-refractivity contribution < 1.29 is 4.79 Å². The van der Waals surface area contributed by atoms with Crippen LogP contribution in [0.3, 0.4) is 0 Å². The normalized spacial score (nSPS) is 10.5. The first-order chi connectivity index (χ1) is 7.15. The monoisotopic (exact) mass is 238 g/mol. The standard InChI is InChI=1S/C10H10N2OS2/c1-6-11-8(4-14-6)3-10(13)9-5-15-7(2)12-9/h4-5H,3H2,1-2H3. The molecule has 0 amide bonds. The highest BCUT2D eigenvalue weighted by Gasteiger charge is 2.11. The molecule has 0 fully saturated rings. The number of Topliss-reactive ketones (excluding diaryl/α,β-unsaturated/α-hetero) is 1. The molecule has 0 saturated heterocycles. The molecule has 2 aromatic rings. The SMILES string of the molecule is Cc1nc(CC(=O)c2csc(C)n2)cs1. The number of aromatic nitrogens is 2. The molecule has 0 bridgehead atoms. The van der Waals surface area contributed by atoms with Gasteiger partial charge in [-0.25, -0.2) is 9.97 Å². The third kappa shape index (κ3) is 2.49. The molecule has 2 heterocycles. The van der Waals surface area contributed by atoms with Gasteiger partial charge in [0.05, 0.1) is 22.1 Å². The van der Waals surface area contributed by atoms with Crippen molar-refractivity contribution in [2.24, 2.45) is 0 Å². The lowest BCUT2D eigenvalue weighted by Crippen LogP contribution is -2.04. The van der Waals surface area contributed by atoms with Gasteiger partial charge in [0.2, 0.25) is 0 Å². The summed E-state index contributed by atoms with van der Waals surface area (Å²) >= 11 is 3.06. The Balaban J connectivity index is 2.10. The van der Waals surface area contributed by atoms with Gasteiger partial charge in [-0.1, -0.05) is 0 Å². The second-order valence-electron chi connectivity index (χ2n) is 3.21. The van der Waals surface area contributed by atoms with E-state index in [1.807, 2.05) is 19.2 Å². The molecular weight excluding hydrogens is 228 g/mol. The van der Waals surface area contributed by atoms with Gasteiger partial charge in [0.15, 0.2) is 5.78 Å². The number of rotatable bonds is 3. The van der Waals surface area contributed by atoms with E-state index in [2.05, 4.69) is 9.97 Å². The minimum absolute atomic E-state index is 0.0460. The molecule has 15 heavy (non-hydrogen) atoms. The van der Waals surface area contributed by atoms with Gasteiger partial charge in [0.1, 0.15) is 5.69 Å². The molecule has 0 N–H and O–H groups in total. The quantitative estimate of drug-likeness (QED) is 0.772. The van der Waals surface area contributed by atoms with Gasteiger partial charge in [-0.3, -0.25) is 4.79 Å². The zero-order chi connectivity index (χ0) is 10.8. The highest BCUT2D eigenvalue weighted by atomic mass is 32.1. The predicted octanol–water partition coefficient (Wildman–Crippen LogP) is 2.64.